The standard InChI is InChI=1S/C24H23N3O4S/c1-2-30-21-12-18(6-7-20(21)31-14-23(28)29)19-13-22(27-15-26-19)25-10-8-16-4-3-5-17-9-11-32-24(16)17/h3-7,9,11-13,15H,2,8,10,14H2,1H3,(H,28,29)(H,25,26,27). The first-order chi connectivity index (χ1) is 15.6. The number of aromatic nitrogens is 2. The highest BCUT2D eigenvalue weighted by atomic mass is 32.1. The van der Waals surface area contributed by atoms with Crippen LogP contribution in [0.3, 0.4) is 0 Å². The minimum atomic E-state index is -1.04. The van der Waals surface area contributed by atoms with Gasteiger partial charge in [-0.25, -0.2) is 14.8 Å². The van der Waals surface area contributed by atoms with Crippen LogP contribution in [0, 0.1) is 0 Å². The number of carboxylic acids is 1. The number of thiophene rings is 1. The van der Waals surface area contributed by atoms with E-state index in [1.807, 2.05) is 19.1 Å². The molecule has 0 aliphatic rings. The van der Waals surface area contributed by atoms with Crippen LogP contribution in [0.1, 0.15) is 12.5 Å². The number of carbonyl (C=O) groups is 1. The SMILES string of the molecule is CCOc1cc(-c2cc(NCCc3cccc4ccsc34)ncn2)ccc1OCC(=O)O. The third-order valence-corrected chi connectivity index (χ3v) is 5.82. The Labute approximate surface area is 189 Å². The van der Waals surface area contributed by atoms with Crippen molar-refractivity contribution in [2.45, 2.75) is 13.3 Å². The predicted octanol–water partition coefficient (Wildman–Crippen LogP) is 4.88. The molecule has 0 bridgehead atoms. The molecular weight excluding hydrogens is 426 g/mol. The van der Waals surface area contributed by atoms with Crippen molar-refractivity contribution in [2.24, 2.45) is 0 Å². The summed E-state index contributed by atoms with van der Waals surface area (Å²) < 4.78 is 12.3. The van der Waals surface area contributed by atoms with Gasteiger partial charge in [0.2, 0.25) is 0 Å². The molecule has 0 saturated heterocycles. The average molecular weight is 450 g/mol. The van der Waals surface area contributed by atoms with Crippen molar-refractivity contribution >= 4 is 33.2 Å². The molecule has 0 aliphatic heterocycles. The van der Waals surface area contributed by atoms with Crippen molar-refractivity contribution in [3.05, 3.63) is 65.8 Å². The van der Waals surface area contributed by atoms with Crippen LogP contribution < -0.4 is 14.8 Å². The second-order valence-corrected chi connectivity index (χ2v) is 7.91. The van der Waals surface area contributed by atoms with Gasteiger partial charge < -0.3 is 19.9 Å². The maximum atomic E-state index is 10.8. The molecule has 0 unspecified atom stereocenters. The molecule has 4 aromatic rings. The monoisotopic (exact) mass is 449 g/mol. The molecule has 0 atom stereocenters. The lowest BCUT2D eigenvalue weighted by atomic mass is 10.1. The number of hydrogen-bond donors (Lipinski definition) is 2. The van der Waals surface area contributed by atoms with Crippen LogP contribution in [0.4, 0.5) is 5.82 Å². The highest BCUT2D eigenvalue weighted by molar-refractivity contribution is 7.17. The van der Waals surface area contributed by atoms with Gasteiger partial charge in [-0.05, 0) is 53.9 Å². The van der Waals surface area contributed by atoms with Crippen LogP contribution in [0.15, 0.2) is 60.2 Å². The van der Waals surface area contributed by atoms with Gasteiger partial charge in [0.15, 0.2) is 18.1 Å². The first kappa shape index (κ1) is 21.6. The fraction of sp³-hybridized carbons (Fsp3) is 0.208. The Morgan fingerprint density at radius 3 is 2.84 bits per heavy atom. The Balaban J connectivity index is 1.46. The summed E-state index contributed by atoms with van der Waals surface area (Å²) in [5, 5.41) is 15.6. The van der Waals surface area contributed by atoms with Crippen molar-refractivity contribution in [3.8, 4) is 22.8 Å². The minimum Gasteiger partial charge on any atom is -0.490 e. The largest absolute Gasteiger partial charge is 0.490 e. The maximum absolute atomic E-state index is 10.8. The Bertz CT molecular complexity index is 1220. The van der Waals surface area contributed by atoms with E-state index in [9.17, 15) is 4.79 Å². The van der Waals surface area contributed by atoms with Gasteiger partial charge in [-0.15, -0.1) is 11.3 Å². The highest BCUT2D eigenvalue weighted by Crippen LogP contribution is 2.32. The zero-order valence-electron chi connectivity index (χ0n) is 17.6. The molecule has 0 radical (unpaired) electrons. The van der Waals surface area contributed by atoms with E-state index in [-0.39, 0.29) is 0 Å². The van der Waals surface area contributed by atoms with Gasteiger partial charge in [-0.3, -0.25) is 0 Å². The van der Waals surface area contributed by atoms with Crippen LogP contribution in [0.25, 0.3) is 21.3 Å². The predicted molar refractivity (Wildman–Crippen MR) is 126 cm³/mol. The first-order valence-corrected chi connectivity index (χ1v) is 11.1. The normalized spacial score (nSPS) is 10.8. The lowest BCUT2D eigenvalue weighted by molar-refractivity contribution is -0.139. The first-order valence-electron chi connectivity index (χ1n) is 10.3. The Hall–Kier alpha value is -3.65. The molecule has 2 aromatic carbocycles. The summed E-state index contributed by atoms with van der Waals surface area (Å²) in [4.78, 5) is 19.5. The van der Waals surface area contributed by atoms with E-state index >= 15 is 0 Å². The molecule has 2 N–H and O–H groups in total. The smallest absolute Gasteiger partial charge is 0.341 e. The number of rotatable bonds is 10. The van der Waals surface area contributed by atoms with E-state index in [1.165, 1.54) is 22.0 Å². The fourth-order valence-corrected chi connectivity index (χ4v) is 4.33. The molecule has 0 aliphatic carbocycles. The van der Waals surface area contributed by atoms with Crippen molar-refractivity contribution < 1.29 is 19.4 Å². The van der Waals surface area contributed by atoms with Gasteiger partial charge in [0.1, 0.15) is 12.1 Å². The number of fused-ring (bicyclic) bond motifs is 1. The Morgan fingerprint density at radius 2 is 2.00 bits per heavy atom. The number of ether oxygens (including phenoxy) is 2. The van der Waals surface area contributed by atoms with Crippen LogP contribution in [-0.4, -0.2) is 40.8 Å². The summed E-state index contributed by atoms with van der Waals surface area (Å²) in [5.41, 5.74) is 2.87. The fourth-order valence-electron chi connectivity index (χ4n) is 3.38. The number of benzene rings is 2. The molecule has 4 rings (SSSR count). The van der Waals surface area contributed by atoms with Crippen LogP contribution in [-0.2, 0) is 11.2 Å². The number of nitrogens with one attached hydrogen (secondary N) is 1. The third-order valence-electron chi connectivity index (χ3n) is 4.82. The molecule has 164 valence electrons. The summed E-state index contributed by atoms with van der Waals surface area (Å²) in [6.07, 6.45) is 2.41. The second kappa shape index (κ2) is 10.1. The number of carboxylic acid groups (broad SMARTS) is 1. The molecule has 0 spiro atoms. The van der Waals surface area contributed by atoms with Crippen molar-refractivity contribution in [3.63, 3.8) is 0 Å². The van der Waals surface area contributed by atoms with Gasteiger partial charge in [-0.2, -0.15) is 0 Å². The van der Waals surface area contributed by atoms with Gasteiger partial charge in [0.05, 0.1) is 12.3 Å². The lowest BCUT2D eigenvalue weighted by Crippen LogP contribution is -2.10. The van der Waals surface area contributed by atoms with E-state index in [0.717, 1.165) is 30.0 Å². The molecule has 8 heteroatoms. The third kappa shape index (κ3) is 5.15. The van der Waals surface area contributed by atoms with Crippen molar-refractivity contribution in [1.29, 1.82) is 0 Å². The number of nitrogens with zero attached hydrogens (tertiary/aromatic N) is 2. The zero-order valence-corrected chi connectivity index (χ0v) is 18.4. The van der Waals surface area contributed by atoms with E-state index in [1.54, 1.807) is 23.5 Å². The van der Waals surface area contributed by atoms with Crippen molar-refractivity contribution in [2.75, 3.05) is 25.1 Å². The van der Waals surface area contributed by atoms with Gasteiger partial charge in [-0.1, -0.05) is 18.2 Å². The number of hydrogen-bond acceptors (Lipinski definition) is 7. The Kier molecular flexibility index (Phi) is 6.81. The van der Waals surface area contributed by atoms with Gasteiger partial charge in [0, 0.05) is 22.9 Å². The highest BCUT2D eigenvalue weighted by Gasteiger charge is 2.11. The molecule has 0 saturated carbocycles. The van der Waals surface area contributed by atoms with Crippen molar-refractivity contribution in [1.82, 2.24) is 9.97 Å². The summed E-state index contributed by atoms with van der Waals surface area (Å²) >= 11 is 1.76. The maximum Gasteiger partial charge on any atom is 0.341 e. The molecule has 0 fully saturated rings. The summed E-state index contributed by atoms with van der Waals surface area (Å²) in [5.74, 6) is 0.549. The molecule has 2 aromatic heterocycles. The average Bonchev–Trinajstić information content (AvgIpc) is 3.28. The number of anilines is 1. The molecule has 7 nitrogen and oxygen atoms in total. The molecular formula is C24H23N3O4S. The van der Waals surface area contributed by atoms with E-state index in [4.69, 9.17) is 14.6 Å². The molecule has 0 amide bonds. The summed E-state index contributed by atoms with van der Waals surface area (Å²) in [6.45, 7) is 2.61. The minimum absolute atomic E-state index is 0.383. The number of aliphatic carboxylic acids is 1. The van der Waals surface area contributed by atoms with E-state index in [2.05, 4.69) is 44.9 Å². The Morgan fingerprint density at radius 1 is 1.09 bits per heavy atom. The summed E-state index contributed by atoms with van der Waals surface area (Å²) in [7, 11) is 0. The van der Waals surface area contributed by atoms with Gasteiger partial charge >= 0.3 is 5.97 Å². The second-order valence-electron chi connectivity index (χ2n) is 7.00. The van der Waals surface area contributed by atoms with Crippen LogP contribution >= 0.6 is 11.3 Å². The van der Waals surface area contributed by atoms with E-state index in [0.29, 0.717) is 18.1 Å². The molecule has 32 heavy (non-hydrogen) atoms. The summed E-state index contributed by atoms with van der Waals surface area (Å²) in [6, 6.07) is 15.7. The topological polar surface area (TPSA) is 93.6 Å². The quantitative estimate of drug-likeness (QED) is 0.357. The van der Waals surface area contributed by atoms with Crippen LogP contribution in [0.2, 0.25) is 0 Å². The zero-order chi connectivity index (χ0) is 22.3. The van der Waals surface area contributed by atoms with Gasteiger partial charge in [0.25, 0.3) is 0 Å². The van der Waals surface area contributed by atoms with Crippen LogP contribution in [0.5, 0.6) is 11.5 Å². The molecule has 2 heterocycles. The lowest BCUT2D eigenvalue weighted by Gasteiger charge is -2.13. The van der Waals surface area contributed by atoms with E-state index < -0.39 is 12.6 Å².